The standard InChI is InChI=1S/C9H13NO/c1-3-8(4-2)5-6-9(11)7-10/h3-4,7,10H,1,5-6H2,2H3. The Hall–Kier alpha value is -1.18. The van der Waals surface area contributed by atoms with Gasteiger partial charge in [0, 0.05) is 6.42 Å². The molecule has 0 aliphatic rings. The molecular formula is C9H13NO. The Kier molecular flexibility index (Phi) is 4.99. The summed E-state index contributed by atoms with van der Waals surface area (Å²) < 4.78 is 0. The van der Waals surface area contributed by atoms with E-state index in [-0.39, 0.29) is 5.78 Å². The molecule has 0 aliphatic carbocycles. The zero-order chi connectivity index (χ0) is 8.69. The molecule has 0 fully saturated rings. The molecule has 0 rings (SSSR count). The molecule has 0 saturated heterocycles. The first-order valence-corrected chi connectivity index (χ1v) is 3.55. The average Bonchev–Trinajstić information content (AvgIpc) is 2.06. The maximum Gasteiger partial charge on any atom is 0.173 e. The van der Waals surface area contributed by atoms with E-state index in [1.807, 2.05) is 13.0 Å². The summed E-state index contributed by atoms with van der Waals surface area (Å²) in [7, 11) is 0. The molecule has 0 amide bonds. The number of ketones is 1. The molecule has 60 valence electrons. The third-order valence-corrected chi connectivity index (χ3v) is 1.45. The molecule has 0 spiro atoms. The lowest BCUT2D eigenvalue weighted by Crippen LogP contribution is -1.97. The molecule has 0 atom stereocenters. The Bertz CT molecular complexity index is 192. The van der Waals surface area contributed by atoms with Gasteiger partial charge in [0.25, 0.3) is 0 Å². The predicted molar refractivity (Wildman–Crippen MR) is 47.0 cm³/mol. The number of nitrogens with one attached hydrogen (secondary N) is 1. The van der Waals surface area contributed by atoms with E-state index < -0.39 is 0 Å². The van der Waals surface area contributed by atoms with Crippen LogP contribution in [-0.4, -0.2) is 12.0 Å². The third-order valence-electron chi connectivity index (χ3n) is 1.45. The summed E-state index contributed by atoms with van der Waals surface area (Å²) in [5.41, 5.74) is 1.06. The smallest absolute Gasteiger partial charge is 0.173 e. The molecule has 0 aromatic heterocycles. The van der Waals surface area contributed by atoms with E-state index in [4.69, 9.17) is 5.41 Å². The molecule has 0 aliphatic heterocycles. The van der Waals surface area contributed by atoms with Crippen molar-refractivity contribution >= 4 is 12.0 Å². The van der Waals surface area contributed by atoms with E-state index in [2.05, 4.69) is 6.58 Å². The molecule has 0 radical (unpaired) electrons. The Balaban J connectivity index is 3.77. The van der Waals surface area contributed by atoms with Crippen LogP contribution in [0.25, 0.3) is 0 Å². The number of carbonyl (C=O) groups is 1. The minimum absolute atomic E-state index is 0.133. The maximum absolute atomic E-state index is 10.6. The Morgan fingerprint density at radius 2 is 2.18 bits per heavy atom. The van der Waals surface area contributed by atoms with Gasteiger partial charge in [-0.2, -0.15) is 0 Å². The summed E-state index contributed by atoms with van der Waals surface area (Å²) in [6.45, 7) is 5.51. The van der Waals surface area contributed by atoms with Crippen molar-refractivity contribution in [3.63, 3.8) is 0 Å². The molecular weight excluding hydrogens is 138 g/mol. The zero-order valence-corrected chi connectivity index (χ0v) is 6.76. The van der Waals surface area contributed by atoms with Crippen LogP contribution in [0.5, 0.6) is 0 Å². The normalized spacial score (nSPS) is 10.8. The first-order chi connectivity index (χ1) is 5.24. The topological polar surface area (TPSA) is 40.9 Å². The number of allylic oxidation sites excluding steroid dienone is 3. The van der Waals surface area contributed by atoms with Gasteiger partial charge in [-0.25, -0.2) is 0 Å². The van der Waals surface area contributed by atoms with Crippen molar-refractivity contribution in [1.29, 1.82) is 5.41 Å². The van der Waals surface area contributed by atoms with Crippen LogP contribution in [0.4, 0.5) is 0 Å². The second kappa shape index (κ2) is 5.59. The highest BCUT2D eigenvalue weighted by molar-refractivity contribution is 6.26. The lowest BCUT2D eigenvalue weighted by Gasteiger charge is -1.96. The molecule has 2 nitrogen and oxygen atoms in total. The fourth-order valence-corrected chi connectivity index (χ4v) is 0.704. The van der Waals surface area contributed by atoms with Gasteiger partial charge in [-0.05, 0) is 13.3 Å². The summed E-state index contributed by atoms with van der Waals surface area (Å²) >= 11 is 0. The van der Waals surface area contributed by atoms with Gasteiger partial charge in [0.2, 0.25) is 0 Å². The summed E-state index contributed by atoms with van der Waals surface area (Å²) in [6.07, 6.45) is 5.61. The van der Waals surface area contributed by atoms with Gasteiger partial charge in [-0.15, -0.1) is 0 Å². The second-order valence-electron chi connectivity index (χ2n) is 2.18. The van der Waals surface area contributed by atoms with Gasteiger partial charge in [0.1, 0.15) is 0 Å². The fourth-order valence-electron chi connectivity index (χ4n) is 0.704. The van der Waals surface area contributed by atoms with E-state index in [1.54, 1.807) is 6.08 Å². The van der Waals surface area contributed by atoms with Crippen LogP contribution in [0, 0.1) is 5.41 Å². The van der Waals surface area contributed by atoms with E-state index in [0.29, 0.717) is 12.8 Å². The Morgan fingerprint density at radius 1 is 1.55 bits per heavy atom. The van der Waals surface area contributed by atoms with Crippen molar-refractivity contribution in [3.05, 3.63) is 24.3 Å². The number of Topliss-reactive ketones (excluding diaryl/α,β-unsaturated/α-hetero) is 1. The van der Waals surface area contributed by atoms with Crippen molar-refractivity contribution in [2.75, 3.05) is 0 Å². The van der Waals surface area contributed by atoms with Crippen molar-refractivity contribution in [2.24, 2.45) is 0 Å². The molecule has 0 aromatic rings. The molecule has 1 N–H and O–H groups in total. The van der Waals surface area contributed by atoms with Gasteiger partial charge >= 0.3 is 0 Å². The lowest BCUT2D eigenvalue weighted by atomic mass is 10.1. The molecule has 0 aromatic carbocycles. The van der Waals surface area contributed by atoms with Crippen LogP contribution >= 0.6 is 0 Å². The summed E-state index contributed by atoms with van der Waals surface area (Å²) in [5.74, 6) is -0.133. The van der Waals surface area contributed by atoms with Crippen molar-refractivity contribution in [1.82, 2.24) is 0 Å². The zero-order valence-electron chi connectivity index (χ0n) is 6.76. The van der Waals surface area contributed by atoms with Gasteiger partial charge in [-0.1, -0.05) is 24.3 Å². The van der Waals surface area contributed by atoms with Crippen LogP contribution in [0.15, 0.2) is 24.3 Å². The van der Waals surface area contributed by atoms with Crippen LogP contribution in [0.1, 0.15) is 19.8 Å². The third kappa shape index (κ3) is 4.25. The van der Waals surface area contributed by atoms with Crippen LogP contribution < -0.4 is 0 Å². The maximum atomic E-state index is 10.6. The van der Waals surface area contributed by atoms with Crippen LogP contribution in [-0.2, 0) is 4.79 Å². The Labute approximate surface area is 67.1 Å². The first kappa shape index (κ1) is 9.82. The highest BCUT2D eigenvalue weighted by Gasteiger charge is 1.97. The molecule has 2 heteroatoms. The fraction of sp³-hybridized carbons (Fsp3) is 0.333. The van der Waals surface area contributed by atoms with Gasteiger partial charge in [-0.3, -0.25) is 4.79 Å². The van der Waals surface area contributed by atoms with E-state index in [0.717, 1.165) is 11.8 Å². The number of hydrogen-bond donors (Lipinski definition) is 1. The first-order valence-electron chi connectivity index (χ1n) is 3.55. The molecule has 0 saturated carbocycles. The van der Waals surface area contributed by atoms with Gasteiger partial charge < -0.3 is 5.41 Å². The van der Waals surface area contributed by atoms with E-state index in [1.165, 1.54) is 0 Å². The highest BCUT2D eigenvalue weighted by atomic mass is 16.1. The minimum Gasteiger partial charge on any atom is -0.305 e. The van der Waals surface area contributed by atoms with Crippen LogP contribution in [0.2, 0.25) is 0 Å². The highest BCUT2D eigenvalue weighted by Crippen LogP contribution is 2.05. The van der Waals surface area contributed by atoms with E-state index in [9.17, 15) is 4.79 Å². The van der Waals surface area contributed by atoms with Gasteiger partial charge in [0.05, 0.1) is 6.21 Å². The van der Waals surface area contributed by atoms with Gasteiger partial charge in [0.15, 0.2) is 5.78 Å². The van der Waals surface area contributed by atoms with Crippen molar-refractivity contribution in [2.45, 2.75) is 19.8 Å². The largest absolute Gasteiger partial charge is 0.305 e. The number of carbonyl (C=O) groups excluding carboxylic acids is 1. The van der Waals surface area contributed by atoms with Crippen LogP contribution in [0.3, 0.4) is 0 Å². The SMILES string of the molecule is C=CC(=CC)CCC(=O)C=N. The number of hydrogen-bond acceptors (Lipinski definition) is 2. The Morgan fingerprint density at radius 3 is 2.55 bits per heavy atom. The quantitative estimate of drug-likeness (QED) is 0.474. The molecule has 11 heavy (non-hydrogen) atoms. The van der Waals surface area contributed by atoms with E-state index >= 15 is 0 Å². The predicted octanol–water partition coefficient (Wildman–Crippen LogP) is 2.12. The van der Waals surface area contributed by atoms with Crippen molar-refractivity contribution in [3.8, 4) is 0 Å². The lowest BCUT2D eigenvalue weighted by molar-refractivity contribution is -0.112. The summed E-state index contributed by atoms with van der Waals surface area (Å²) in [4.78, 5) is 10.6. The molecule has 0 unspecified atom stereocenters. The summed E-state index contributed by atoms with van der Waals surface area (Å²) in [5, 5.41) is 6.65. The monoisotopic (exact) mass is 151 g/mol. The second-order valence-corrected chi connectivity index (χ2v) is 2.18. The number of rotatable bonds is 5. The molecule has 0 bridgehead atoms. The summed E-state index contributed by atoms with van der Waals surface area (Å²) in [6, 6.07) is 0. The molecule has 0 heterocycles. The minimum atomic E-state index is -0.133. The average molecular weight is 151 g/mol. The van der Waals surface area contributed by atoms with Crippen molar-refractivity contribution < 1.29 is 4.79 Å².